The molecule has 0 saturated carbocycles. The van der Waals surface area contributed by atoms with E-state index in [9.17, 15) is 9.18 Å². The van der Waals surface area contributed by atoms with Gasteiger partial charge in [-0.3, -0.25) is 4.79 Å². The quantitative estimate of drug-likeness (QED) is 0.546. The molecule has 1 aliphatic rings. The van der Waals surface area contributed by atoms with Crippen molar-refractivity contribution >= 4 is 11.7 Å². The lowest BCUT2D eigenvalue weighted by molar-refractivity contribution is -0.138. The number of benzene rings is 2. The second-order valence-electron chi connectivity index (χ2n) is 7.76. The maximum Gasteiger partial charge on any atom is 0.263 e. The average molecular weight is 451 g/mol. The summed E-state index contributed by atoms with van der Waals surface area (Å²) in [5, 5.41) is 8.60. The summed E-state index contributed by atoms with van der Waals surface area (Å²) < 4.78 is 24.4. The van der Waals surface area contributed by atoms with Crippen LogP contribution in [0.4, 0.5) is 10.2 Å². The third kappa shape index (κ3) is 5.58. The number of anilines is 1. The fourth-order valence-corrected chi connectivity index (χ4v) is 3.72. The Labute approximate surface area is 192 Å². The number of nitrogens with zero attached hydrogens (tertiary/aromatic N) is 4. The molecule has 0 N–H and O–H groups in total. The maximum atomic E-state index is 13.1. The van der Waals surface area contributed by atoms with Gasteiger partial charge < -0.3 is 19.3 Å². The van der Waals surface area contributed by atoms with E-state index >= 15 is 0 Å². The van der Waals surface area contributed by atoms with E-state index in [1.165, 1.54) is 12.1 Å². The van der Waals surface area contributed by atoms with Crippen LogP contribution in [0.15, 0.2) is 60.7 Å². The molecule has 1 aliphatic heterocycles. The van der Waals surface area contributed by atoms with Gasteiger partial charge in [-0.1, -0.05) is 0 Å². The molecule has 2 aromatic carbocycles. The fourth-order valence-electron chi connectivity index (χ4n) is 3.72. The summed E-state index contributed by atoms with van der Waals surface area (Å²) in [5.41, 5.74) is 1.50. The Balaban J connectivity index is 1.29. The third-order valence-electron chi connectivity index (χ3n) is 5.50. The highest BCUT2D eigenvalue weighted by molar-refractivity contribution is 5.81. The molecule has 2 heterocycles. The Morgan fingerprint density at radius 1 is 0.939 bits per heavy atom. The van der Waals surface area contributed by atoms with Crippen LogP contribution in [-0.4, -0.2) is 59.9 Å². The summed E-state index contributed by atoms with van der Waals surface area (Å²) in [6, 6.07) is 17.2. The van der Waals surface area contributed by atoms with E-state index < -0.39 is 6.10 Å². The molecule has 0 bridgehead atoms. The number of ether oxygens (including phenoxy) is 2. The molecule has 0 aliphatic carbocycles. The smallest absolute Gasteiger partial charge is 0.263 e. The standard InChI is InChI=1S/C25H27FN4O3/c1-3-32-21-8-10-22(11-9-21)33-18(2)25(31)30-16-14-29(15-17-30)24-13-12-23(27-28-24)19-4-6-20(26)7-5-19/h4-13,18H,3,14-17H2,1-2H3. The van der Waals surface area contributed by atoms with Gasteiger partial charge in [0.25, 0.3) is 5.91 Å². The van der Waals surface area contributed by atoms with Crippen molar-refractivity contribution in [3.8, 4) is 22.8 Å². The summed E-state index contributed by atoms with van der Waals surface area (Å²) in [6.45, 7) is 6.78. The summed E-state index contributed by atoms with van der Waals surface area (Å²) >= 11 is 0. The number of piperazine rings is 1. The van der Waals surface area contributed by atoms with Gasteiger partial charge in [-0.15, -0.1) is 10.2 Å². The van der Waals surface area contributed by atoms with E-state index in [2.05, 4.69) is 15.1 Å². The van der Waals surface area contributed by atoms with Gasteiger partial charge in [0.2, 0.25) is 0 Å². The van der Waals surface area contributed by atoms with Crippen molar-refractivity contribution in [1.29, 1.82) is 0 Å². The Bertz CT molecular complexity index is 1050. The van der Waals surface area contributed by atoms with E-state index in [-0.39, 0.29) is 11.7 Å². The molecule has 3 aromatic rings. The molecule has 1 amide bonds. The first kappa shape index (κ1) is 22.5. The first-order valence-corrected chi connectivity index (χ1v) is 11.1. The number of amides is 1. The summed E-state index contributed by atoms with van der Waals surface area (Å²) in [4.78, 5) is 16.8. The van der Waals surface area contributed by atoms with Crippen molar-refractivity contribution in [1.82, 2.24) is 15.1 Å². The van der Waals surface area contributed by atoms with Crippen LogP contribution in [0.1, 0.15) is 13.8 Å². The average Bonchev–Trinajstić information content (AvgIpc) is 2.86. The first-order valence-electron chi connectivity index (χ1n) is 11.1. The highest BCUT2D eigenvalue weighted by atomic mass is 19.1. The molecule has 33 heavy (non-hydrogen) atoms. The Kier molecular flexibility index (Phi) is 7.02. The van der Waals surface area contributed by atoms with E-state index in [1.54, 1.807) is 31.2 Å². The van der Waals surface area contributed by atoms with Gasteiger partial charge in [-0.05, 0) is 74.5 Å². The zero-order chi connectivity index (χ0) is 23.2. The monoisotopic (exact) mass is 450 g/mol. The normalized spacial score (nSPS) is 14.6. The van der Waals surface area contributed by atoms with Crippen LogP contribution in [0, 0.1) is 5.82 Å². The molecule has 1 unspecified atom stereocenters. The molecular formula is C25H27FN4O3. The van der Waals surface area contributed by atoms with Crippen LogP contribution >= 0.6 is 0 Å². The minimum Gasteiger partial charge on any atom is -0.494 e. The number of hydrogen-bond acceptors (Lipinski definition) is 6. The van der Waals surface area contributed by atoms with Crippen LogP contribution in [-0.2, 0) is 4.79 Å². The summed E-state index contributed by atoms with van der Waals surface area (Å²) in [6.07, 6.45) is -0.579. The number of halogens is 1. The van der Waals surface area contributed by atoms with Crippen LogP contribution in [0.5, 0.6) is 11.5 Å². The number of rotatable bonds is 7. The predicted octanol–water partition coefficient (Wildman–Crippen LogP) is 3.80. The second-order valence-corrected chi connectivity index (χ2v) is 7.76. The Morgan fingerprint density at radius 2 is 1.61 bits per heavy atom. The number of carbonyl (C=O) groups is 1. The molecule has 0 radical (unpaired) electrons. The lowest BCUT2D eigenvalue weighted by Crippen LogP contribution is -2.52. The molecule has 4 rings (SSSR count). The molecular weight excluding hydrogens is 423 g/mol. The van der Waals surface area contributed by atoms with E-state index in [0.29, 0.717) is 44.2 Å². The third-order valence-corrected chi connectivity index (χ3v) is 5.50. The largest absolute Gasteiger partial charge is 0.494 e. The summed E-state index contributed by atoms with van der Waals surface area (Å²) in [7, 11) is 0. The topological polar surface area (TPSA) is 67.8 Å². The van der Waals surface area contributed by atoms with Crippen molar-refractivity contribution in [2.75, 3.05) is 37.7 Å². The Hall–Kier alpha value is -3.68. The SMILES string of the molecule is CCOc1ccc(OC(C)C(=O)N2CCN(c3ccc(-c4ccc(F)cc4)nn3)CC2)cc1. The van der Waals surface area contributed by atoms with Crippen LogP contribution in [0.25, 0.3) is 11.3 Å². The van der Waals surface area contributed by atoms with E-state index in [1.807, 2.05) is 36.1 Å². The van der Waals surface area contributed by atoms with Crippen molar-refractivity contribution in [2.24, 2.45) is 0 Å². The van der Waals surface area contributed by atoms with Gasteiger partial charge in [0.15, 0.2) is 11.9 Å². The zero-order valence-electron chi connectivity index (χ0n) is 18.8. The number of carbonyl (C=O) groups excluding carboxylic acids is 1. The van der Waals surface area contributed by atoms with Gasteiger partial charge in [0.1, 0.15) is 17.3 Å². The number of hydrogen-bond donors (Lipinski definition) is 0. The molecule has 8 heteroatoms. The highest BCUT2D eigenvalue weighted by Crippen LogP contribution is 2.21. The van der Waals surface area contributed by atoms with Crippen molar-refractivity contribution in [2.45, 2.75) is 20.0 Å². The lowest BCUT2D eigenvalue weighted by Gasteiger charge is -2.36. The van der Waals surface area contributed by atoms with Crippen LogP contribution in [0.3, 0.4) is 0 Å². The van der Waals surface area contributed by atoms with Gasteiger partial charge in [-0.25, -0.2) is 4.39 Å². The van der Waals surface area contributed by atoms with E-state index in [4.69, 9.17) is 9.47 Å². The molecule has 1 atom stereocenters. The minimum atomic E-state index is -0.579. The van der Waals surface area contributed by atoms with Crippen LogP contribution in [0.2, 0.25) is 0 Å². The van der Waals surface area contributed by atoms with E-state index in [0.717, 1.165) is 17.1 Å². The maximum absolute atomic E-state index is 13.1. The molecule has 172 valence electrons. The molecule has 7 nitrogen and oxygen atoms in total. The van der Waals surface area contributed by atoms with Crippen molar-refractivity contribution in [3.05, 3.63) is 66.5 Å². The predicted molar refractivity (Wildman–Crippen MR) is 124 cm³/mol. The number of aromatic nitrogens is 2. The lowest BCUT2D eigenvalue weighted by atomic mass is 10.1. The minimum absolute atomic E-state index is 0.0405. The van der Waals surface area contributed by atoms with Gasteiger partial charge in [0.05, 0.1) is 12.3 Å². The summed E-state index contributed by atoms with van der Waals surface area (Å²) in [5.74, 6) is 1.84. The molecule has 1 saturated heterocycles. The van der Waals surface area contributed by atoms with Gasteiger partial charge in [0, 0.05) is 31.7 Å². The van der Waals surface area contributed by atoms with Crippen molar-refractivity contribution < 1.29 is 18.7 Å². The van der Waals surface area contributed by atoms with Crippen molar-refractivity contribution in [3.63, 3.8) is 0 Å². The zero-order valence-corrected chi connectivity index (χ0v) is 18.8. The fraction of sp³-hybridized carbons (Fsp3) is 0.320. The van der Waals surface area contributed by atoms with Gasteiger partial charge in [-0.2, -0.15) is 0 Å². The molecule has 1 aromatic heterocycles. The first-order chi connectivity index (χ1) is 16.0. The highest BCUT2D eigenvalue weighted by Gasteiger charge is 2.26. The molecule has 1 fully saturated rings. The van der Waals surface area contributed by atoms with Crippen LogP contribution < -0.4 is 14.4 Å². The second kappa shape index (κ2) is 10.3. The van der Waals surface area contributed by atoms with Gasteiger partial charge >= 0.3 is 0 Å². The Morgan fingerprint density at radius 3 is 2.21 bits per heavy atom. The molecule has 0 spiro atoms.